The van der Waals surface area contributed by atoms with Crippen LogP contribution in [0.2, 0.25) is 0 Å². The molecular formula is C34H33N3O. The van der Waals surface area contributed by atoms with Gasteiger partial charge in [-0.1, -0.05) is 72.3 Å². The predicted molar refractivity (Wildman–Crippen MR) is 154 cm³/mol. The maximum atomic E-state index is 13.2. The van der Waals surface area contributed by atoms with E-state index in [1.54, 1.807) is 0 Å². The van der Waals surface area contributed by atoms with Crippen LogP contribution in [0.25, 0.3) is 22.5 Å². The number of nitrogens with zero attached hydrogens (tertiary/aromatic N) is 3. The third-order valence-electron chi connectivity index (χ3n) is 7.40. The monoisotopic (exact) mass is 499 g/mol. The van der Waals surface area contributed by atoms with E-state index in [-0.39, 0.29) is 5.91 Å². The zero-order chi connectivity index (χ0) is 26.5. The van der Waals surface area contributed by atoms with Crippen LogP contribution in [0.3, 0.4) is 0 Å². The molecule has 38 heavy (non-hydrogen) atoms. The molecule has 4 nitrogen and oxygen atoms in total. The predicted octanol–water partition coefficient (Wildman–Crippen LogP) is 7.08. The van der Waals surface area contributed by atoms with Crippen molar-refractivity contribution in [2.75, 3.05) is 13.1 Å². The number of carbonyl (C=O) groups excluding carboxylic acids is 1. The Hall–Kier alpha value is -4.36. The maximum Gasteiger partial charge on any atom is 0.223 e. The molecule has 0 unspecified atom stereocenters. The molecule has 1 amide bonds. The SMILES string of the molecule is Cc1ccc(-c2ccc(CCC(=O)N3CC=C(c4ccccc4)CC3)n2-c2ccc(CC#N)cc2)c(C)c1. The molecule has 0 fully saturated rings. The zero-order valence-corrected chi connectivity index (χ0v) is 22.2. The van der Waals surface area contributed by atoms with Crippen LogP contribution >= 0.6 is 0 Å². The van der Waals surface area contributed by atoms with Crippen molar-refractivity contribution >= 4 is 11.5 Å². The summed E-state index contributed by atoms with van der Waals surface area (Å²) in [5.41, 5.74) is 10.5. The Kier molecular flexibility index (Phi) is 7.56. The Morgan fingerprint density at radius 2 is 1.74 bits per heavy atom. The molecule has 0 radical (unpaired) electrons. The van der Waals surface area contributed by atoms with Gasteiger partial charge in [0.25, 0.3) is 0 Å². The largest absolute Gasteiger partial charge is 0.339 e. The molecule has 0 atom stereocenters. The van der Waals surface area contributed by atoms with Crippen LogP contribution in [0.15, 0.2) is 91.0 Å². The molecule has 5 rings (SSSR count). The van der Waals surface area contributed by atoms with Gasteiger partial charge in [-0.3, -0.25) is 4.79 Å². The fourth-order valence-corrected chi connectivity index (χ4v) is 5.35. The second-order valence-electron chi connectivity index (χ2n) is 10.1. The summed E-state index contributed by atoms with van der Waals surface area (Å²) >= 11 is 0. The minimum absolute atomic E-state index is 0.193. The first kappa shape index (κ1) is 25.3. The summed E-state index contributed by atoms with van der Waals surface area (Å²) in [4.78, 5) is 15.2. The molecule has 2 heterocycles. The van der Waals surface area contributed by atoms with Crippen molar-refractivity contribution in [3.05, 3.63) is 119 Å². The van der Waals surface area contributed by atoms with Crippen LogP contribution in [0.4, 0.5) is 0 Å². The maximum absolute atomic E-state index is 13.2. The van der Waals surface area contributed by atoms with E-state index in [2.05, 4.69) is 97.3 Å². The number of amides is 1. The second kappa shape index (κ2) is 11.4. The first-order valence-corrected chi connectivity index (χ1v) is 13.3. The standard InChI is InChI=1S/C34H33N3O/c1-25-8-15-32(26(2)24-25)33-16-13-31(37(33)30-11-9-27(10-12-30)18-21-35)14-17-34(38)36-22-19-29(20-23-36)28-6-4-3-5-7-28/h3-13,15-16,19,24H,14,17-18,20,22-23H2,1-2H3. The van der Waals surface area contributed by atoms with Crippen molar-refractivity contribution < 1.29 is 4.79 Å². The number of rotatable bonds is 7. The fourth-order valence-electron chi connectivity index (χ4n) is 5.35. The van der Waals surface area contributed by atoms with Crippen LogP contribution in [0.1, 0.15) is 40.8 Å². The van der Waals surface area contributed by atoms with Gasteiger partial charge in [0.05, 0.1) is 18.2 Å². The van der Waals surface area contributed by atoms with Crippen LogP contribution in [-0.4, -0.2) is 28.5 Å². The average Bonchev–Trinajstić information content (AvgIpc) is 3.36. The number of carbonyl (C=O) groups is 1. The smallest absolute Gasteiger partial charge is 0.223 e. The van der Waals surface area contributed by atoms with E-state index < -0.39 is 0 Å². The first-order chi connectivity index (χ1) is 18.5. The van der Waals surface area contributed by atoms with Gasteiger partial charge in [-0.2, -0.15) is 5.26 Å². The lowest BCUT2D eigenvalue weighted by atomic mass is 9.99. The third kappa shape index (κ3) is 5.48. The highest BCUT2D eigenvalue weighted by molar-refractivity contribution is 5.78. The molecule has 1 aliphatic heterocycles. The minimum atomic E-state index is 0.193. The number of hydrogen-bond donors (Lipinski definition) is 0. The van der Waals surface area contributed by atoms with E-state index in [0.717, 1.165) is 35.6 Å². The van der Waals surface area contributed by atoms with Crippen molar-refractivity contribution in [3.8, 4) is 23.0 Å². The van der Waals surface area contributed by atoms with Crippen molar-refractivity contribution in [1.29, 1.82) is 5.26 Å². The van der Waals surface area contributed by atoms with Crippen molar-refractivity contribution in [2.24, 2.45) is 0 Å². The van der Waals surface area contributed by atoms with E-state index in [0.29, 0.717) is 25.8 Å². The summed E-state index contributed by atoms with van der Waals surface area (Å²) in [6.07, 6.45) is 4.61. The van der Waals surface area contributed by atoms with Gasteiger partial charge >= 0.3 is 0 Å². The van der Waals surface area contributed by atoms with Crippen LogP contribution in [-0.2, 0) is 17.6 Å². The van der Waals surface area contributed by atoms with Crippen molar-refractivity contribution in [2.45, 2.75) is 39.5 Å². The number of hydrogen-bond acceptors (Lipinski definition) is 2. The quantitative estimate of drug-likeness (QED) is 0.273. The molecule has 0 saturated heterocycles. The van der Waals surface area contributed by atoms with Gasteiger partial charge < -0.3 is 9.47 Å². The number of aromatic nitrogens is 1. The van der Waals surface area contributed by atoms with E-state index in [4.69, 9.17) is 5.26 Å². The Morgan fingerprint density at radius 1 is 0.947 bits per heavy atom. The highest BCUT2D eigenvalue weighted by Crippen LogP contribution is 2.31. The molecule has 0 N–H and O–H groups in total. The van der Waals surface area contributed by atoms with Gasteiger partial charge in [0.15, 0.2) is 0 Å². The molecule has 1 aliphatic rings. The summed E-state index contributed by atoms with van der Waals surface area (Å²) < 4.78 is 2.27. The zero-order valence-electron chi connectivity index (χ0n) is 22.2. The van der Waals surface area contributed by atoms with E-state index in [9.17, 15) is 4.79 Å². The molecule has 0 spiro atoms. The van der Waals surface area contributed by atoms with Crippen LogP contribution < -0.4 is 0 Å². The van der Waals surface area contributed by atoms with Gasteiger partial charge in [0.2, 0.25) is 5.91 Å². The van der Waals surface area contributed by atoms with E-state index >= 15 is 0 Å². The molecule has 3 aromatic carbocycles. The van der Waals surface area contributed by atoms with Crippen LogP contribution in [0.5, 0.6) is 0 Å². The molecule has 4 heteroatoms. The number of aryl methyl sites for hydroxylation is 3. The Balaban J connectivity index is 1.37. The van der Waals surface area contributed by atoms with Gasteiger partial charge in [-0.05, 0) is 73.2 Å². The Labute approximate surface area is 225 Å². The lowest BCUT2D eigenvalue weighted by Gasteiger charge is -2.27. The summed E-state index contributed by atoms with van der Waals surface area (Å²) in [7, 11) is 0. The number of nitriles is 1. The fraction of sp³-hybridized carbons (Fsp3) is 0.235. The lowest BCUT2D eigenvalue weighted by Crippen LogP contribution is -2.34. The second-order valence-corrected chi connectivity index (χ2v) is 10.1. The summed E-state index contributed by atoms with van der Waals surface area (Å²) in [5.74, 6) is 0.193. The van der Waals surface area contributed by atoms with E-state index in [1.165, 1.54) is 27.8 Å². The van der Waals surface area contributed by atoms with Crippen molar-refractivity contribution in [1.82, 2.24) is 9.47 Å². The highest BCUT2D eigenvalue weighted by atomic mass is 16.2. The van der Waals surface area contributed by atoms with Crippen molar-refractivity contribution in [3.63, 3.8) is 0 Å². The van der Waals surface area contributed by atoms with Gasteiger partial charge in [-0.15, -0.1) is 0 Å². The minimum Gasteiger partial charge on any atom is -0.339 e. The molecule has 190 valence electrons. The van der Waals surface area contributed by atoms with Gasteiger partial charge in [0.1, 0.15) is 0 Å². The summed E-state index contributed by atoms with van der Waals surface area (Å²) in [6.45, 7) is 5.68. The average molecular weight is 500 g/mol. The highest BCUT2D eigenvalue weighted by Gasteiger charge is 2.20. The van der Waals surface area contributed by atoms with Gasteiger partial charge in [0, 0.05) is 36.5 Å². The molecule has 0 bridgehead atoms. The lowest BCUT2D eigenvalue weighted by molar-refractivity contribution is -0.130. The molecule has 0 aliphatic carbocycles. The first-order valence-electron chi connectivity index (χ1n) is 13.3. The van der Waals surface area contributed by atoms with Crippen LogP contribution in [0, 0.1) is 25.2 Å². The third-order valence-corrected chi connectivity index (χ3v) is 7.40. The molecule has 4 aromatic rings. The normalized spacial score (nSPS) is 13.2. The van der Waals surface area contributed by atoms with Gasteiger partial charge in [-0.25, -0.2) is 0 Å². The molecule has 1 aromatic heterocycles. The molecular weight excluding hydrogens is 466 g/mol. The summed E-state index contributed by atoms with van der Waals surface area (Å²) in [5, 5.41) is 9.07. The molecule has 0 saturated carbocycles. The topological polar surface area (TPSA) is 49.0 Å². The Morgan fingerprint density at radius 3 is 2.42 bits per heavy atom. The van der Waals surface area contributed by atoms with E-state index in [1.807, 2.05) is 23.1 Å². The number of benzene rings is 3. The Bertz CT molecular complexity index is 1500. The summed E-state index contributed by atoms with van der Waals surface area (Å²) in [6, 6.07) is 31.7.